The van der Waals surface area contributed by atoms with Gasteiger partial charge in [0.15, 0.2) is 17.5 Å². The molecule has 110 valence electrons. The van der Waals surface area contributed by atoms with E-state index in [1.165, 1.54) is 4.90 Å². The molecule has 0 aliphatic carbocycles. The molecule has 0 radical (unpaired) electrons. The highest BCUT2D eigenvalue weighted by Gasteiger charge is 2.31. The van der Waals surface area contributed by atoms with E-state index in [0.717, 1.165) is 12.8 Å². The minimum absolute atomic E-state index is 0.242. The summed E-state index contributed by atoms with van der Waals surface area (Å²) in [4.78, 5) is 13.7. The Hall–Kier alpha value is -1.56. The summed E-state index contributed by atoms with van der Waals surface area (Å²) in [6, 6.07) is 0.996. The van der Waals surface area contributed by atoms with E-state index in [1.54, 1.807) is 6.92 Å². The third-order valence-corrected chi connectivity index (χ3v) is 3.60. The van der Waals surface area contributed by atoms with Gasteiger partial charge in [0.2, 0.25) is 0 Å². The van der Waals surface area contributed by atoms with Crippen molar-refractivity contribution in [3.8, 4) is 0 Å². The lowest BCUT2D eigenvalue weighted by molar-refractivity contribution is 0.0280. The molecular weight excluding hydrogens is 271 g/mol. The first-order chi connectivity index (χ1) is 9.41. The van der Waals surface area contributed by atoms with Gasteiger partial charge in [-0.05, 0) is 38.3 Å². The van der Waals surface area contributed by atoms with Crippen LogP contribution in [-0.4, -0.2) is 34.6 Å². The van der Waals surface area contributed by atoms with Crippen LogP contribution in [0.3, 0.4) is 0 Å². The van der Waals surface area contributed by atoms with E-state index in [1.807, 2.05) is 0 Å². The van der Waals surface area contributed by atoms with Crippen molar-refractivity contribution in [3.63, 3.8) is 0 Å². The van der Waals surface area contributed by atoms with Crippen molar-refractivity contribution in [1.29, 1.82) is 0 Å². The smallest absolute Gasteiger partial charge is 0.254 e. The largest absolute Gasteiger partial charge is 0.391 e. The minimum atomic E-state index is -1.59. The Labute approximate surface area is 115 Å². The van der Waals surface area contributed by atoms with Crippen molar-refractivity contribution < 1.29 is 23.1 Å². The van der Waals surface area contributed by atoms with Gasteiger partial charge < -0.3 is 10.0 Å². The lowest BCUT2D eigenvalue weighted by Gasteiger charge is -2.37. The van der Waals surface area contributed by atoms with Crippen LogP contribution in [0.25, 0.3) is 0 Å². The van der Waals surface area contributed by atoms with Crippen LogP contribution in [-0.2, 0) is 0 Å². The summed E-state index contributed by atoms with van der Waals surface area (Å²) in [7, 11) is 0. The first-order valence-electron chi connectivity index (χ1n) is 6.55. The van der Waals surface area contributed by atoms with E-state index < -0.39 is 29.5 Å². The SMILES string of the molecule is CC(O)C1CCCCN1C(=O)c1cc(F)c(F)c(F)c1. The van der Waals surface area contributed by atoms with Gasteiger partial charge in [0.25, 0.3) is 5.91 Å². The molecule has 0 aromatic heterocycles. The number of amides is 1. The molecular formula is C14H16F3NO2. The highest BCUT2D eigenvalue weighted by atomic mass is 19.2. The van der Waals surface area contributed by atoms with Crippen LogP contribution in [0, 0.1) is 17.5 Å². The van der Waals surface area contributed by atoms with Crippen molar-refractivity contribution in [1.82, 2.24) is 4.90 Å². The predicted molar refractivity (Wildman–Crippen MR) is 66.7 cm³/mol. The standard InChI is InChI=1S/C14H16F3NO2/c1-8(19)12-4-2-3-5-18(12)14(20)9-6-10(15)13(17)11(16)7-9/h6-8,12,19H,2-5H2,1H3. The monoisotopic (exact) mass is 287 g/mol. The van der Waals surface area contributed by atoms with Crippen molar-refractivity contribution in [2.45, 2.75) is 38.3 Å². The van der Waals surface area contributed by atoms with Gasteiger partial charge in [-0.25, -0.2) is 13.2 Å². The topological polar surface area (TPSA) is 40.5 Å². The molecule has 20 heavy (non-hydrogen) atoms. The summed E-state index contributed by atoms with van der Waals surface area (Å²) in [5.74, 6) is -4.96. The summed E-state index contributed by atoms with van der Waals surface area (Å²) in [5.41, 5.74) is -0.242. The molecule has 2 rings (SSSR count). The number of benzene rings is 1. The number of halogens is 3. The lowest BCUT2D eigenvalue weighted by atomic mass is 9.97. The second-order valence-electron chi connectivity index (χ2n) is 5.06. The van der Waals surface area contributed by atoms with Crippen molar-refractivity contribution in [3.05, 3.63) is 35.1 Å². The molecule has 1 heterocycles. The van der Waals surface area contributed by atoms with Gasteiger partial charge >= 0.3 is 0 Å². The van der Waals surface area contributed by atoms with Crippen molar-refractivity contribution in [2.24, 2.45) is 0 Å². The molecule has 0 saturated carbocycles. The average Bonchev–Trinajstić information content (AvgIpc) is 2.43. The van der Waals surface area contributed by atoms with Gasteiger partial charge in [0.1, 0.15) is 0 Å². The summed E-state index contributed by atoms with van der Waals surface area (Å²) in [6.45, 7) is 1.98. The normalized spacial score (nSPS) is 20.9. The van der Waals surface area contributed by atoms with E-state index >= 15 is 0 Å². The number of aliphatic hydroxyl groups excluding tert-OH is 1. The van der Waals surface area contributed by atoms with Gasteiger partial charge in [0, 0.05) is 12.1 Å². The number of hydrogen-bond acceptors (Lipinski definition) is 2. The second kappa shape index (κ2) is 5.83. The molecule has 1 aliphatic heterocycles. The van der Waals surface area contributed by atoms with Crippen LogP contribution < -0.4 is 0 Å². The van der Waals surface area contributed by atoms with Crippen LogP contribution in [0.15, 0.2) is 12.1 Å². The molecule has 2 atom stereocenters. The Kier molecular flexibility index (Phi) is 4.32. The fourth-order valence-corrected chi connectivity index (χ4v) is 2.56. The minimum Gasteiger partial charge on any atom is -0.391 e. The van der Waals surface area contributed by atoms with Gasteiger partial charge in [-0.2, -0.15) is 0 Å². The second-order valence-corrected chi connectivity index (χ2v) is 5.06. The molecule has 0 bridgehead atoms. The zero-order valence-electron chi connectivity index (χ0n) is 11.1. The maximum absolute atomic E-state index is 13.2. The number of hydrogen-bond donors (Lipinski definition) is 1. The molecule has 1 amide bonds. The fraction of sp³-hybridized carbons (Fsp3) is 0.500. The van der Waals surface area contributed by atoms with E-state index in [9.17, 15) is 23.1 Å². The number of nitrogens with zero attached hydrogens (tertiary/aromatic N) is 1. The highest BCUT2D eigenvalue weighted by Crippen LogP contribution is 2.23. The van der Waals surface area contributed by atoms with Crippen molar-refractivity contribution in [2.75, 3.05) is 6.54 Å². The summed E-state index contributed by atoms with van der Waals surface area (Å²) in [6.07, 6.45) is 1.55. The zero-order chi connectivity index (χ0) is 14.9. The molecule has 0 spiro atoms. The lowest BCUT2D eigenvalue weighted by Crippen LogP contribution is -2.49. The molecule has 1 aromatic carbocycles. The number of rotatable bonds is 2. The predicted octanol–water partition coefficient (Wildman–Crippen LogP) is 2.48. The van der Waals surface area contributed by atoms with Crippen LogP contribution in [0.5, 0.6) is 0 Å². The zero-order valence-corrected chi connectivity index (χ0v) is 11.1. The Morgan fingerprint density at radius 3 is 2.45 bits per heavy atom. The molecule has 1 saturated heterocycles. The van der Waals surface area contributed by atoms with Gasteiger partial charge in [-0.15, -0.1) is 0 Å². The van der Waals surface area contributed by atoms with E-state index in [4.69, 9.17) is 0 Å². The van der Waals surface area contributed by atoms with Gasteiger partial charge in [0.05, 0.1) is 12.1 Å². The van der Waals surface area contributed by atoms with E-state index in [-0.39, 0.29) is 11.6 Å². The molecule has 1 aromatic rings. The first kappa shape index (κ1) is 14.8. The molecule has 1 aliphatic rings. The Morgan fingerprint density at radius 2 is 1.90 bits per heavy atom. The average molecular weight is 287 g/mol. The van der Waals surface area contributed by atoms with Crippen LogP contribution in [0.4, 0.5) is 13.2 Å². The third-order valence-electron chi connectivity index (χ3n) is 3.60. The molecule has 2 unspecified atom stereocenters. The summed E-state index contributed by atoms with van der Waals surface area (Å²) in [5, 5.41) is 9.69. The van der Waals surface area contributed by atoms with Crippen LogP contribution >= 0.6 is 0 Å². The number of carbonyl (C=O) groups is 1. The summed E-state index contributed by atoms with van der Waals surface area (Å²) < 4.78 is 39.3. The third kappa shape index (κ3) is 2.80. The fourth-order valence-electron chi connectivity index (χ4n) is 2.56. The maximum atomic E-state index is 13.2. The van der Waals surface area contributed by atoms with Gasteiger partial charge in [-0.1, -0.05) is 0 Å². The first-order valence-corrected chi connectivity index (χ1v) is 6.55. The van der Waals surface area contributed by atoms with Gasteiger partial charge in [-0.3, -0.25) is 4.79 Å². The Bertz CT molecular complexity index is 496. The number of aliphatic hydroxyl groups is 1. The molecule has 1 N–H and O–H groups in total. The number of piperidine rings is 1. The highest BCUT2D eigenvalue weighted by molar-refractivity contribution is 5.94. The molecule has 6 heteroatoms. The van der Waals surface area contributed by atoms with Crippen molar-refractivity contribution >= 4 is 5.91 Å². The Morgan fingerprint density at radius 1 is 1.30 bits per heavy atom. The van der Waals surface area contributed by atoms with E-state index in [0.29, 0.717) is 25.1 Å². The number of carbonyl (C=O) groups excluding carboxylic acids is 1. The molecule has 1 fully saturated rings. The summed E-state index contributed by atoms with van der Waals surface area (Å²) >= 11 is 0. The number of likely N-dealkylation sites (tertiary alicyclic amines) is 1. The Balaban J connectivity index is 2.30. The quantitative estimate of drug-likeness (QED) is 0.849. The van der Waals surface area contributed by atoms with E-state index in [2.05, 4.69) is 0 Å². The van der Waals surface area contributed by atoms with Crippen LogP contribution in [0.2, 0.25) is 0 Å². The maximum Gasteiger partial charge on any atom is 0.254 e. The van der Waals surface area contributed by atoms with Crippen LogP contribution in [0.1, 0.15) is 36.5 Å². The molecule has 3 nitrogen and oxygen atoms in total.